The normalized spacial score (nSPS) is 15.6. The highest BCUT2D eigenvalue weighted by Gasteiger charge is 2.18. The highest BCUT2D eigenvalue weighted by Crippen LogP contribution is 2.23. The summed E-state index contributed by atoms with van der Waals surface area (Å²) in [5, 5.41) is 5.83. The molecule has 2 heterocycles. The molecule has 0 aliphatic carbocycles. The van der Waals surface area contributed by atoms with E-state index in [9.17, 15) is 14.4 Å². The van der Waals surface area contributed by atoms with E-state index in [0.717, 1.165) is 31.2 Å². The van der Waals surface area contributed by atoms with Crippen LogP contribution in [-0.2, 0) is 16.6 Å². The molecule has 0 bridgehead atoms. The lowest BCUT2D eigenvalue weighted by Crippen LogP contribution is -2.33. The van der Waals surface area contributed by atoms with E-state index in [2.05, 4.69) is 15.6 Å². The summed E-state index contributed by atoms with van der Waals surface area (Å²) in [6.45, 7) is 1.21. The fourth-order valence-corrected chi connectivity index (χ4v) is 3.74. The number of rotatable bonds is 8. The molecule has 0 saturated carbocycles. The van der Waals surface area contributed by atoms with Crippen LogP contribution >= 0.6 is 11.8 Å². The number of nitrogens with one attached hydrogen (secondary N) is 2. The number of carbonyl (C=O) groups is 2. The van der Waals surface area contributed by atoms with Crippen molar-refractivity contribution >= 4 is 29.3 Å². The molecular formula is C20H24N4O5S. The van der Waals surface area contributed by atoms with Crippen LogP contribution in [0.4, 0.5) is 5.69 Å². The molecule has 1 aromatic carbocycles. The van der Waals surface area contributed by atoms with Gasteiger partial charge >= 0.3 is 0 Å². The van der Waals surface area contributed by atoms with Crippen molar-refractivity contribution < 1.29 is 19.1 Å². The first-order valence-corrected chi connectivity index (χ1v) is 10.5. The molecule has 1 aliphatic heterocycles. The van der Waals surface area contributed by atoms with Crippen LogP contribution in [0.5, 0.6) is 5.75 Å². The number of aromatic nitrogens is 2. The smallest absolute Gasteiger partial charge is 0.266 e. The first-order valence-electron chi connectivity index (χ1n) is 9.51. The molecule has 2 N–H and O–H groups in total. The van der Waals surface area contributed by atoms with E-state index < -0.39 is 11.5 Å². The van der Waals surface area contributed by atoms with Crippen molar-refractivity contribution in [1.82, 2.24) is 14.9 Å². The van der Waals surface area contributed by atoms with Gasteiger partial charge in [-0.2, -0.15) is 0 Å². The SMILES string of the molecule is COc1ccccc1NC(=O)c1cnc(SCC(=O)NC[C@H]2CCCO2)n(C)c1=O. The summed E-state index contributed by atoms with van der Waals surface area (Å²) in [7, 11) is 3.01. The van der Waals surface area contributed by atoms with Crippen LogP contribution < -0.4 is 20.9 Å². The summed E-state index contributed by atoms with van der Waals surface area (Å²) in [5.41, 5.74) is -0.149. The minimum Gasteiger partial charge on any atom is -0.495 e. The van der Waals surface area contributed by atoms with Crippen LogP contribution in [0.2, 0.25) is 0 Å². The topological polar surface area (TPSA) is 112 Å². The first-order chi connectivity index (χ1) is 14.5. The molecule has 2 amide bonds. The Labute approximate surface area is 178 Å². The van der Waals surface area contributed by atoms with E-state index in [4.69, 9.17) is 9.47 Å². The monoisotopic (exact) mass is 432 g/mol. The van der Waals surface area contributed by atoms with Gasteiger partial charge in [-0.3, -0.25) is 19.0 Å². The Balaban J connectivity index is 1.61. The number of hydrogen-bond donors (Lipinski definition) is 2. The van der Waals surface area contributed by atoms with Gasteiger partial charge in [-0.25, -0.2) is 4.98 Å². The number of carbonyl (C=O) groups excluding carboxylic acids is 2. The Morgan fingerprint density at radius 3 is 2.90 bits per heavy atom. The second-order valence-corrected chi connectivity index (χ2v) is 7.64. The van der Waals surface area contributed by atoms with E-state index in [1.54, 1.807) is 24.3 Å². The Morgan fingerprint density at radius 1 is 1.37 bits per heavy atom. The Bertz CT molecular complexity index is 972. The van der Waals surface area contributed by atoms with Crippen LogP contribution in [0, 0.1) is 0 Å². The van der Waals surface area contributed by atoms with Crippen molar-refractivity contribution in [2.45, 2.75) is 24.1 Å². The lowest BCUT2D eigenvalue weighted by molar-refractivity contribution is -0.119. The van der Waals surface area contributed by atoms with Gasteiger partial charge in [0.05, 0.1) is 24.7 Å². The van der Waals surface area contributed by atoms with E-state index in [-0.39, 0.29) is 23.3 Å². The molecule has 1 aromatic heterocycles. The Hall–Kier alpha value is -2.85. The number of amides is 2. The van der Waals surface area contributed by atoms with Crippen LogP contribution in [0.1, 0.15) is 23.2 Å². The third kappa shape index (κ3) is 5.39. The predicted octanol–water partition coefficient (Wildman–Crippen LogP) is 1.43. The summed E-state index contributed by atoms with van der Waals surface area (Å²) in [6, 6.07) is 6.90. The standard InChI is InChI=1S/C20H24N4O5S/c1-24-19(27)14(18(26)23-15-7-3-4-8-16(15)28-2)11-22-20(24)30-12-17(25)21-10-13-6-5-9-29-13/h3-4,7-8,11,13H,5-6,9-10,12H2,1-2H3,(H,21,25)(H,23,26)/t13-/m1/s1. The zero-order valence-electron chi connectivity index (χ0n) is 16.8. The number of hydrogen-bond acceptors (Lipinski definition) is 7. The van der Waals surface area contributed by atoms with Gasteiger partial charge in [-0.05, 0) is 25.0 Å². The van der Waals surface area contributed by atoms with E-state index in [1.807, 2.05) is 0 Å². The molecule has 1 atom stereocenters. The minimum absolute atomic E-state index is 0.0717. The van der Waals surface area contributed by atoms with Gasteiger partial charge in [0.1, 0.15) is 11.3 Å². The van der Waals surface area contributed by atoms with Gasteiger partial charge in [0, 0.05) is 26.4 Å². The maximum Gasteiger partial charge on any atom is 0.266 e. The van der Waals surface area contributed by atoms with E-state index >= 15 is 0 Å². The first kappa shape index (κ1) is 21.8. The van der Waals surface area contributed by atoms with Crippen molar-refractivity contribution in [1.29, 1.82) is 0 Å². The molecule has 0 spiro atoms. The second kappa shape index (κ2) is 10.3. The average Bonchev–Trinajstić information content (AvgIpc) is 3.27. The van der Waals surface area contributed by atoms with Gasteiger partial charge in [-0.15, -0.1) is 0 Å². The molecule has 2 aromatic rings. The number of methoxy groups -OCH3 is 1. The molecule has 1 saturated heterocycles. The van der Waals surface area contributed by atoms with Gasteiger partial charge in [0.15, 0.2) is 5.16 Å². The lowest BCUT2D eigenvalue weighted by Gasteiger charge is -2.12. The Morgan fingerprint density at radius 2 is 2.17 bits per heavy atom. The Kier molecular flexibility index (Phi) is 7.47. The van der Waals surface area contributed by atoms with Crippen molar-refractivity contribution in [2.75, 3.05) is 31.3 Å². The molecule has 10 heteroatoms. The molecule has 3 rings (SSSR count). The number of nitrogens with zero attached hydrogens (tertiary/aromatic N) is 2. The average molecular weight is 433 g/mol. The lowest BCUT2D eigenvalue weighted by atomic mass is 10.2. The zero-order valence-corrected chi connectivity index (χ0v) is 17.7. The van der Waals surface area contributed by atoms with Crippen molar-refractivity contribution in [3.8, 4) is 5.75 Å². The fourth-order valence-electron chi connectivity index (χ4n) is 2.97. The zero-order chi connectivity index (χ0) is 21.5. The summed E-state index contributed by atoms with van der Waals surface area (Å²) in [6.07, 6.45) is 3.25. The highest BCUT2D eigenvalue weighted by atomic mass is 32.2. The number of thioether (sulfide) groups is 1. The highest BCUT2D eigenvalue weighted by molar-refractivity contribution is 7.99. The van der Waals surface area contributed by atoms with Gasteiger partial charge in [-0.1, -0.05) is 23.9 Å². The summed E-state index contributed by atoms with van der Waals surface area (Å²) in [4.78, 5) is 41.4. The van der Waals surface area contributed by atoms with Crippen LogP contribution in [0.3, 0.4) is 0 Å². The van der Waals surface area contributed by atoms with Gasteiger partial charge < -0.3 is 20.1 Å². The molecule has 160 valence electrons. The quantitative estimate of drug-likeness (QED) is 0.479. The molecule has 0 radical (unpaired) electrons. The molecule has 9 nitrogen and oxygen atoms in total. The maximum absolute atomic E-state index is 12.6. The third-order valence-corrected chi connectivity index (χ3v) is 5.65. The van der Waals surface area contributed by atoms with E-state index in [1.165, 1.54) is 24.9 Å². The maximum atomic E-state index is 12.6. The number of anilines is 1. The van der Waals surface area contributed by atoms with E-state index in [0.29, 0.717) is 23.1 Å². The summed E-state index contributed by atoms with van der Waals surface area (Å²) in [5.74, 6) is -0.155. The van der Waals surface area contributed by atoms with Crippen LogP contribution in [-0.4, -0.2) is 53.5 Å². The van der Waals surface area contributed by atoms with Gasteiger partial charge in [0.25, 0.3) is 11.5 Å². The second-order valence-electron chi connectivity index (χ2n) is 6.70. The predicted molar refractivity (Wildman–Crippen MR) is 113 cm³/mol. The van der Waals surface area contributed by atoms with Crippen molar-refractivity contribution in [3.63, 3.8) is 0 Å². The van der Waals surface area contributed by atoms with Crippen molar-refractivity contribution in [3.05, 3.63) is 46.4 Å². The number of ether oxygens (including phenoxy) is 2. The number of para-hydroxylation sites is 2. The molecule has 0 unspecified atom stereocenters. The van der Waals surface area contributed by atoms with Crippen LogP contribution in [0.25, 0.3) is 0 Å². The molecule has 1 aliphatic rings. The third-order valence-electron chi connectivity index (χ3n) is 4.61. The number of benzene rings is 1. The summed E-state index contributed by atoms with van der Waals surface area (Å²) < 4.78 is 11.9. The molecule has 1 fully saturated rings. The fraction of sp³-hybridized carbons (Fsp3) is 0.400. The largest absolute Gasteiger partial charge is 0.495 e. The molecule has 30 heavy (non-hydrogen) atoms. The molecular weight excluding hydrogens is 408 g/mol. The van der Waals surface area contributed by atoms with Gasteiger partial charge in [0.2, 0.25) is 5.91 Å². The van der Waals surface area contributed by atoms with Crippen LogP contribution in [0.15, 0.2) is 40.4 Å². The summed E-state index contributed by atoms with van der Waals surface area (Å²) >= 11 is 1.13. The van der Waals surface area contributed by atoms with Crippen molar-refractivity contribution in [2.24, 2.45) is 7.05 Å². The minimum atomic E-state index is -0.585.